The monoisotopic (exact) mass is 246 g/mol. The third-order valence-corrected chi connectivity index (χ3v) is 3.34. The van der Waals surface area contributed by atoms with Crippen LogP contribution in [0.15, 0.2) is 23.6 Å². The Morgan fingerprint density at radius 2 is 2.06 bits per heavy atom. The lowest BCUT2D eigenvalue weighted by Crippen LogP contribution is -2.13. The topological polar surface area (TPSA) is 42.0 Å². The van der Waals surface area contributed by atoms with Crippen molar-refractivity contribution >= 4 is 22.4 Å². The molecule has 0 saturated carbocycles. The maximum Gasteiger partial charge on any atom is 0.257 e. The SMILES string of the molecule is Cc1ccc(C(=O)Nc2nc(C)cs2)c(C)c1. The highest BCUT2D eigenvalue weighted by Crippen LogP contribution is 2.17. The number of benzene rings is 1. The van der Waals surface area contributed by atoms with Crippen molar-refractivity contribution in [2.24, 2.45) is 0 Å². The second-order valence-corrected chi connectivity index (χ2v) is 4.92. The highest BCUT2D eigenvalue weighted by Gasteiger charge is 2.10. The quantitative estimate of drug-likeness (QED) is 0.883. The van der Waals surface area contributed by atoms with Crippen molar-refractivity contribution < 1.29 is 4.79 Å². The molecule has 2 rings (SSSR count). The number of amides is 1. The van der Waals surface area contributed by atoms with E-state index in [4.69, 9.17) is 0 Å². The van der Waals surface area contributed by atoms with Crippen LogP contribution in [0.25, 0.3) is 0 Å². The first kappa shape index (κ1) is 11.8. The Morgan fingerprint density at radius 1 is 1.29 bits per heavy atom. The lowest BCUT2D eigenvalue weighted by atomic mass is 10.1. The number of rotatable bonds is 2. The van der Waals surface area contributed by atoms with Crippen LogP contribution in [0, 0.1) is 20.8 Å². The van der Waals surface area contributed by atoms with Crippen LogP contribution in [-0.2, 0) is 0 Å². The van der Waals surface area contributed by atoms with E-state index in [1.54, 1.807) is 0 Å². The molecule has 1 heterocycles. The zero-order chi connectivity index (χ0) is 12.4. The van der Waals surface area contributed by atoms with Gasteiger partial charge in [-0.15, -0.1) is 11.3 Å². The highest BCUT2D eigenvalue weighted by molar-refractivity contribution is 7.13. The Hall–Kier alpha value is -1.68. The molecule has 3 nitrogen and oxygen atoms in total. The molecule has 1 amide bonds. The van der Waals surface area contributed by atoms with E-state index in [1.165, 1.54) is 11.3 Å². The van der Waals surface area contributed by atoms with Gasteiger partial charge < -0.3 is 0 Å². The fraction of sp³-hybridized carbons (Fsp3) is 0.231. The minimum absolute atomic E-state index is 0.100. The van der Waals surface area contributed by atoms with Crippen LogP contribution >= 0.6 is 11.3 Å². The summed E-state index contributed by atoms with van der Waals surface area (Å²) < 4.78 is 0. The Balaban J connectivity index is 2.20. The van der Waals surface area contributed by atoms with E-state index in [-0.39, 0.29) is 5.91 Å². The number of nitrogens with one attached hydrogen (secondary N) is 1. The van der Waals surface area contributed by atoms with Crippen molar-refractivity contribution in [1.29, 1.82) is 0 Å². The number of nitrogens with zero attached hydrogens (tertiary/aromatic N) is 1. The van der Waals surface area contributed by atoms with Crippen molar-refractivity contribution in [3.8, 4) is 0 Å². The summed E-state index contributed by atoms with van der Waals surface area (Å²) in [7, 11) is 0. The molecule has 1 aromatic carbocycles. The van der Waals surface area contributed by atoms with Gasteiger partial charge in [-0.25, -0.2) is 4.98 Å². The van der Waals surface area contributed by atoms with Gasteiger partial charge in [0.1, 0.15) is 0 Å². The molecule has 0 fully saturated rings. The molecule has 0 atom stereocenters. The zero-order valence-corrected chi connectivity index (χ0v) is 10.9. The summed E-state index contributed by atoms with van der Waals surface area (Å²) >= 11 is 1.44. The molecule has 17 heavy (non-hydrogen) atoms. The number of thiazole rings is 1. The molecule has 4 heteroatoms. The Morgan fingerprint density at radius 3 is 2.65 bits per heavy atom. The molecule has 0 spiro atoms. The van der Waals surface area contributed by atoms with Crippen LogP contribution in [0.3, 0.4) is 0 Å². The molecular weight excluding hydrogens is 232 g/mol. The minimum Gasteiger partial charge on any atom is -0.298 e. The van der Waals surface area contributed by atoms with Crippen molar-refractivity contribution in [3.05, 3.63) is 46.0 Å². The molecule has 0 aliphatic rings. The average Bonchev–Trinajstić information content (AvgIpc) is 2.63. The van der Waals surface area contributed by atoms with Crippen LogP contribution < -0.4 is 5.32 Å². The average molecular weight is 246 g/mol. The normalized spacial score (nSPS) is 10.3. The number of hydrogen-bond donors (Lipinski definition) is 1. The molecule has 0 aliphatic heterocycles. The van der Waals surface area contributed by atoms with E-state index < -0.39 is 0 Å². The summed E-state index contributed by atoms with van der Waals surface area (Å²) in [6.45, 7) is 5.86. The molecular formula is C13H14N2OS. The van der Waals surface area contributed by atoms with Crippen LogP contribution in [0.4, 0.5) is 5.13 Å². The lowest BCUT2D eigenvalue weighted by molar-refractivity contribution is 0.102. The molecule has 88 valence electrons. The first-order chi connectivity index (χ1) is 8.06. The Bertz CT molecular complexity index is 560. The highest BCUT2D eigenvalue weighted by atomic mass is 32.1. The number of carbonyl (C=O) groups is 1. The van der Waals surface area contributed by atoms with Crippen LogP contribution in [-0.4, -0.2) is 10.9 Å². The fourth-order valence-electron chi connectivity index (χ4n) is 1.64. The second-order valence-electron chi connectivity index (χ2n) is 4.07. The Labute approximate surface area is 105 Å². The van der Waals surface area contributed by atoms with Crippen molar-refractivity contribution in [3.63, 3.8) is 0 Å². The van der Waals surface area contributed by atoms with Gasteiger partial charge in [-0.05, 0) is 32.4 Å². The maximum absolute atomic E-state index is 12.0. The number of aryl methyl sites for hydroxylation is 3. The molecule has 1 aromatic heterocycles. The molecule has 0 radical (unpaired) electrons. The molecule has 1 N–H and O–H groups in total. The largest absolute Gasteiger partial charge is 0.298 e. The molecule has 0 aliphatic carbocycles. The van der Waals surface area contributed by atoms with Gasteiger partial charge in [-0.2, -0.15) is 0 Å². The zero-order valence-electron chi connectivity index (χ0n) is 10.1. The summed E-state index contributed by atoms with van der Waals surface area (Å²) in [5.74, 6) is -0.100. The van der Waals surface area contributed by atoms with E-state index in [2.05, 4.69) is 10.3 Å². The summed E-state index contributed by atoms with van der Waals surface area (Å²) in [6, 6.07) is 5.79. The number of hydrogen-bond acceptors (Lipinski definition) is 3. The van der Waals surface area contributed by atoms with Gasteiger partial charge in [0.15, 0.2) is 5.13 Å². The van der Waals surface area contributed by atoms with E-state index >= 15 is 0 Å². The van der Waals surface area contributed by atoms with Crippen molar-refractivity contribution in [2.75, 3.05) is 5.32 Å². The van der Waals surface area contributed by atoms with E-state index in [0.29, 0.717) is 10.7 Å². The van der Waals surface area contributed by atoms with E-state index in [0.717, 1.165) is 16.8 Å². The van der Waals surface area contributed by atoms with Gasteiger partial charge in [0.25, 0.3) is 5.91 Å². The molecule has 0 unspecified atom stereocenters. The maximum atomic E-state index is 12.0. The number of carbonyl (C=O) groups excluding carboxylic acids is 1. The van der Waals surface area contributed by atoms with Gasteiger partial charge in [0, 0.05) is 10.9 Å². The summed E-state index contributed by atoms with van der Waals surface area (Å²) in [5.41, 5.74) is 3.76. The van der Waals surface area contributed by atoms with Crippen LogP contribution in [0.5, 0.6) is 0 Å². The smallest absolute Gasteiger partial charge is 0.257 e. The molecule has 0 saturated heterocycles. The molecule has 2 aromatic rings. The van der Waals surface area contributed by atoms with Gasteiger partial charge in [0.2, 0.25) is 0 Å². The summed E-state index contributed by atoms with van der Waals surface area (Å²) in [5, 5.41) is 5.37. The van der Waals surface area contributed by atoms with Crippen LogP contribution in [0.2, 0.25) is 0 Å². The van der Waals surface area contributed by atoms with Gasteiger partial charge in [-0.1, -0.05) is 17.7 Å². The predicted molar refractivity (Wildman–Crippen MR) is 70.7 cm³/mol. The standard InChI is InChI=1S/C13H14N2OS/c1-8-4-5-11(9(2)6-8)12(16)15-13-14-10(3)7-17-13/h4-7H,1-3H3,(H,14,15,16). The third kappa shape index (κ3) is 2.71. The van der Waals surface area contributed by atoms with Gasteiger partial charge in [-0.3, -0.25) is 10.1 Å². The number of aromatic nitrogens is 1. The van der Waals surface area contributed by atoms with Crippen molar-refractivity contribution in [2.45, 2.75) is 20.8 Å². The van der Waals surface area contributed by atoms with Gasteiger partial charge in [0.05, 0.1) is 5.69 Å². The fourth-order valence-corrected chi connectivity index (χ4v) is 2.33. The summed E-state index contributed by atoms with van der Waals surface area (Å²) in [4.78, 5) is 16.2. The van der Waals surface area contributed by atoms with Crippen LogP contribution in [0.1, 0.15) is 27.2 Å². The number of anilines is 1. The third-order valence-electron chi connectivity index (χ3n) is 2.47. The summed E-state index contributed by atoms with van der Waals surface area (Å²) in [6.07, 6.45) is 0. The first-order valence-corrected chi connectivity index (χ1v) is 6.25. The molecule has 0 bridgehead atoms. The van der Waals surface area contributed by atoms with Gasteiger partial charge >= 0.3 is 0 Å². The first-order valence-electron chi connectivity index (χ1n) is 5.37. The van der Waals surface area contributed by atoms with Crippen molar-refractivity contribution in [1.82, 2.24) is 4.98 Å². The van der Waals surface area contributed by atoms with E-state index in [1.807, 2.05) is 44.4 Å². The predicted octanol–water partition coefficient (Wildman–Crippen LogP) is 3.32. The Kier molecular flexibility index (Phi) is 3.24. The lowest BCUT2D eigenvalue weighted by Gasteiger charge is -2.06. The van der Waals surface area contributed by atoms with E-state index in [9.17, 15) is 4.79 Å². The minimum atomic E-state index is -0.100. The second kappa shape index (κ2) is 4.67.